The molecule has 1 fully saturated rings. The number of methoxy groups -OCH3 is 1. The van der Waals surface area contributed by atoms with Crippen molar-refractivity contribution in [1.29, 1.82) is 0 Å². The van der Waals surface area contributed by atoms with Gasteiger partial charge in [0, 0.05) is 19.7 Å². The zero-order valence-electron chi connectivity index (χ0n) is 9.50. The molecule has 0 unspecified atom stereocenters. The molecule has 2 rings (SSSR count). The monoisotopic (exact) mass is 241 g/mol. The van der Waals surface area contributed by atoms with Crippen LogP contribution in [0, 0.1) is 0 Å². The summed E-state index contributed by atoms with van der Waals surface area (Å²) < 4.78 is 12.0. The lowest BCUT2D eigenvalue weighted by Gasteiger charge is -2.25. The Morgan fingerprint density at radius 1 is 1.82 bits per heavy atom. The van der Waals surface area contributed by atoms with E-state index in [0.29, 0.717) is 12.8 Å². The summed E-state index contributed by atoms with van der Waals surface area (Å²) in [5.74, 6) is -0.852. The third-order valence-electron chi connectivity index (χ3n) is 2.90. The number of anilines is 1. The molecule has 94 valence electrons. The second-order valence-corrected chi connectivity index (χ2v) is 3.93. The molecular weight excluding hydrogens is 226 g/mol. The molecule has 7 heteroatoms. The van der Waals surface area contributed by atoms with E-state index >= 15 is 0 Å². The van der Waals surface area contributed by atoms with Crippen molar-refractivity contribution >= 4 is 5.82 Å². The molecule has 0 aromatic carbocycles. The van der Waals surface area contributed by atoms with Crippen molar-refractivity contribution in [3.05, 3.63) is 22.7 Å². The Kier molecular flexibility index (Phi) is 3.14. The van der Waals surface area contributed by atoms with Crippen LogP contribution in [0.3, 0.4) is 0 Å². The minimum Gasteiger partial charge on any atom is -0.391 e. The molecule has 0 spiro atoms. The van der Waals surface area contributed by atoms with E-state index in [1.54, 1.807) is 0 Å². The van der Waals surface area contributed by atoms with E-state index in [9.17, 15) is 9.90 Å². The van der Waals surface area contributed by atoms with Gasteiger partial charge in [-0.15, -0.1) is 0 Å². The van der Waals surface area contributed by atoms with Crippen LogP contribution in [0.1, 0.15) is 19.1 Å². The largest absolute Gasteiger partial charge is 0.391 e. The Hall–Kier alpha value is -1.44. The molecule has 3 N–H and O–H groups in total. The maximum absolute atomic E-state index is 11.6. The van der Waals surface area contributed by atoms with Gasteiger partial charge in [0.05, 0.1) is 6.61 Å². The molecule has 1 aromatic heterocycles. The molecule has 2 atom stereocenters. The number of nitrogen functional groups attached to an aromatic ring is 1. The molecule has 2 heterocycles. The topological polar surface area (TPSA) is 99.6 Å². The number of aliphatic hydroxyl groups excluding tert-OH is 1. The standard InChI is InChI=1S/C10H15N3O4/c1-16-10(6-14)4-2-8(17-10)13-5-3-7(11)12-9(13)15/h3,5,8,14H,2,4,6H2,1H3,(H2,11,12,15)/t8-,10+/m1/s1. The normalized spacial score (nSPS) is 28.5. The van der Waals surface area contributed by atoms with Crippen LogP contribution in [0.2, 0.25) is 0 Å². The number of hydrogen-bond donors (Lipinski definition) is 2. The predicted molar refractivity (Wildman–Crippen MR) is 59.1 cm³/mol. The highest BCUT2D eigenvalue weighted by Gasteiger charge is 2.41. The van der Waals surface area contributed by atoms with E-state index in [4.69, 9.17) is 15.2 Å². The van der Waals surface area contributed by atoms with E-state index in [2.05, 4.69) is 4.98 Å². The van der Waals surface area contributed by atoms with Gasteiger partial charge < -0.3 is 20.3 Å². The highest BCUT2D eigenvalue weighted by atomic mass is 16.7. The fourth-order valence-corrected chi connectivity index (χ4v) is 1.88. The zero-order chi connectivity index (χ0) is 12.5. The molecular formula is C10H15N3O4. The quantitative estimate of drug-likeness (QED) is 0.738. The molecule has 0 saturated carbocycles. The van der Waals surface area contributed by atoms with Gasteiger partial charge in [0.25, 0.3) is 0 Å². The van der Waals surface area contributed by atoms with Crippen molar-refractivity contribution in [3.8, 4) is 0 Å². The van der Waals surface area contributed by atoms with Crippen LogP contribution in [-0.2, 0) is 9.47 Å². The van der Waals surface area contributed by atoms with Crippen LogP contribution in [0.15, 0.2) is 17.1 Å². The van der Waals surface area contributed by atoms with Crippen LogP contribution in [-0.4, -0.2) is 34.2 Å². The third-order valence-corrected chi connectivity index (χ3v) is 2.90. The average molecular weight is 241 g/mol. The third kappa shape index (κ3) is 2.17. The van der Waals surface area contributed by atoms with Crippen LogP contribution < -0.4 is 11.4 Å². The molecule has 0 radical (unpaired) electrons. The fraction of sp³-hybridized carbons (Fsp3) is 0.600. The molecule has 7 nitrogen and oxygen atoms in total. The van der Waals surface area contributed by atoms with Gasteiger partial charge in [0.2, 0.25) is 0 Å². The van der Waals surface area contributed by atoms with Gasteiger partial charge >= 0.3 is 5.69 Å². The number of ether oxygens (including phenoxy) is 2. The first-order valence-electron chi connectivity index (χ1n) is 5.29. The summed E-state index contributed by atoms with van der Waals surface area (Å²) in [7, 11) is 1.46. The van der Waals surface area contributed by atoms with Crippen LogP contribution in [0.4, 0.5) is 5.82 Å². The molecule has 0 amide bonds. The second kappa shape index (κ2) is 4.44. The Morgan fingerprint density at radius 2 is 2.59 bits per heavy atom. The second-order valence-electron chi connectivity index (χ2n) is 3.93. The minimum atomic E-state index is -1.02. The Bertz CT molecular complexity index is 455. The van der Waals surface area contributed by atoms with Crippen LogP contribution in [0.5, 0.6) is 0 Å². The highest BCUT2D eigenvalue weighted by molar-refractivity contribution is 5.23. The number of nitrogens with two attached hydrogens (primary N) is 1. The maximum atomic E-state index is 11.6. The molecule has 1 aromatic rings. The summed E-state index contributed by atoms with van der Waals surface area (Å²) in [6.07, 6.45) is 2.13. The van der Waals surface area contributed by atoms with Gasteiger partial charge in [-0.1, -0.05) is 0 Å². The van der Waals surface area contributed by atoms with Crippen molar-refractivity contribution in [2.75, 3.05) is 19.5 Å². The van der Waals surface area contributed by atoms with Gasteiger partial charge in [-0.3, -0.25) is 4.57 Å². The fourth-order valence-electron chi connectivity index (χ4n) is 1.88. The van der Waals surface area contributed by atoms with Crippen molar-refractivity contribution in [3.63, 3.8) is 0 Å². The number of hydrogen-bond acceptors (Lipinski definition) is 6. The lowest BCUT2D eigenvalue weighted by atomic mass is 10.2. The average Bonchev–Trinajstić information content (AvgIpc) is 2.74. The van der Waals surface area contributed by atoms with Crippen molar-refractivity contribution in [2.24, 2.45) is 0 Å². The lowest BCUT2D eigenvalue weighted by Crippen LogP contribution is -2.36. The number of aromatic nitrogens is 2. The summed E-state index contributed by atoms with van der Waals surface area (Å²) in [6.45, 7) is -0.253. The first kappa shape index (κ1) is 12.0. The lowest BCUT2D eigenvalue weighted by molar-refractivity contribution is -0.242. The molecule has 0 aliphatic carbocycles. The van der Waals surface area contributed by atoms with Crippen molar-refractivity contribution in [1.82, 2.24) is 9.55 Å². The maximum Gasteiger partial charge on any atom is 0.351 e. The van der Waals surface area contributed by atoms with Crippen molar-refractivity contribution in [2.45, 2.75) is 24.9 Å². The number of rotatable bonds is 3. The minimum absolute atomic E-state index is 0.171. The first-order valence-corrected chi connectivity index (χ1v) is 5.29. The van der Waals surface area contributed by atoms with Gasteiger partial charge in [0.15, 0.2) is 5.79 Å². The smallest absolute Gasteiger partial charge is 0.351 e. The van der Waals surface area contributed by atoms with Crippen LogP contribution >= 0.6 is 0 Å². The summed E-state index contributed by atoms with van der Waals surface area (Å²) in [5.41, 5.74) is 4.93. The highest BCUT2D eigenvalue weighted by Crippen LogP contribution is 2.35. The molecule has 1 aliphatic heterocycles. The van der Waals surface area contributed by atoms with Crippen LogP contribution in [0.25, 0.3) is 0 Å². The van der Waals surface area contributed by atoms with Gasteiger partial charge in [0.1, 0.15) is 12.0 Å². The molecule has 1 aliphatic rings. The van der Waals surface area contributed by atoms with E-state index in [1.165, 1.54) is 23.9 Å². The van der Waals surface area contributed by atoms with Crippen molar-refractivity contribution < 1.29 is 14.6 Å². The SMILES string of the molecule is CO[C@@]1(CO)CC[C@H](n2ccc(N)nc2=O)O1. The van der Waals surface area contributed by atoms with Gasteiger partial charge in [-0.25, -0.2) is 4.79 Å². The van der Waals surface area contributed by atoms with E-state index in [0.717, 1.165) is 0 Å². The van der Waals surface area contributed by atoms with Gasteiger partial charge in [-0.05, 0) is 12.5 Å². The van der Waals surface area contributed by atoms with Gasteiger partial charge in [-0.2, -0.15) is 4.98 Å². The Morgan fingerprint density at radius 3 is 3.12 bits per heavy atom. The number of nitrogens with zero attached hydrogens (tertiary/aromatic N) is 2. The van der Waals surface area contributed by atoms with E-state index < -0.39 is 17.7 Å². The summed E-state index contributed by atoms with van der Waals surface area (Å²) >= 11 is 0. The molecule has 1 saturated heterocycles. The summed E-state index contributed by atoms with van der Waals surface area (Å²) in [4.78, 5) is 15.2. The Labute approximate surface area is 97.8 Å². The first-order chi connectivity index (χ1) is 8.10. The zero-order valence-corrected chi connectivity index (χ0v) is 9.50. The number of aliphatic hydroxyl groups is 1. The summed E-state index contributed by atoms with van der Waals surface area (Å²) in [5, 5.41) is 9.22. The summed E-state index contributed by atoms with van der Waals surface area (Å²) in [6, 6.07) is 1.52. The van der Waals surface area contributed by atoms with E-state index in [1.807, 2.05) is 0 Å². The molecule has 0 bridgehead atoms. The molecule has 17 heavy (non-hydrogen) atoms. The Balaban J connectivity index is 2.23. The predicted octanol–water partition coefficient (Wildman–Crippen LogP) is -0.531. The van der Waals surface area contributed by atoms with E-state index in [-0.39, 0.29) is 12.4 Å².